The highest BCUT2D eigenvalue weighted by molar-refractivity contribution is 6.30. The summed E-state index contributed by atoms with van der Waals surface area (Å²) in [5, 5.41) is 5.72. The lowest BCUT2D eigenvalue weighted by Gasteiger charge is -2.26. The number of rotatable bonds is 7. The molecule has 1 saturated heterocycles. The van der Waals surface area contributed by atoms with E-state index < -0.39 is 41.7 Å². The third kappa shape index (κ3) is 4.72. The van der Waals surface area contributed by atoms with E-state index in [4.69, 9.17) is 11.6 Å². The van der Waals surface area contributed by atoms with E-state index in [0.29, 0.717) is 16.3 Å². The van der Waals surface area contributed by atoms with Gasteiger partial charge < -0.3 is 15.5 Å². The molecule has 3 rings (SSSR count). The molecule has 0 radical (unpaired) electrons. The second-order valence-corrected chi connectivity index (χ2v) is 7.83. The molecule has 0 saturated carbocycles. The molecule has 5 amide bonds. The fourth-order valence-electron chi connectivity index (χ4n) is 3.44. The van der Waals surface area contributed by atoms with Crippen molar-refractivity contribution in [3.63, 3.8) is 0 Å². The van der Waals surface area contributed by atoms with Gasteiger partial charge in [0.25, 0.3) is 5.91 Å². The first kappa shape index (κ1) is 23.2. The number of benzene rings is 2. The zero-order chi connectivity index (χ0) is 23.5. The van der Waals surface area contributed by atoms with Crippen molar-refractivity contribution in [3.8, 4) is 0 Å². The molecule has 0 spiro atoms. The Hall–Kier alpha value is -3.46. The first-order valence-corrected chi connectivity index (χ1v) is 10.2. The van der Waals surface area contributed by atoms with Gasteiger partial charge in [-0.15, -0.1) is 0 Å². The number of halogens is 2. The predicted octanol–water partition coefficient (Wildman–Crippen LogP) is 2.73. The number of carbonyl (C=O) groups is 4. The smallest absolute Gasteiger partial charge is 0.325 e. The van der Waals surface area contributed by atoms with Gasteiger partial charge in [0.05, 0.1) is 6.54 Å². The number of nitrogens with one attached hydrogen (secondary N) is 2. The molecular weight excluding hydrogens is 439 g/mol. The summed E-state index contributed by atoms with van der Waals surface area (Å²) in [7, 11) is 1.39. The van der Waals surface area contributed by atoms with E-state index in [-0.39, 0.29) is 13.0 Å². The van der Waals surface area contributed by atoms with Crippen molar-refractivity contribution in [2.75, 3.05) is 25.5 Å². The maximum Gasteiger partial charge on any atom is 0.325 e. The predicted molar refractivity (Wildman–Crippen MR) is 116 cm³/mol. The Balaban J connectivity index is 1.65. The molecule has 0 aromatic heterocycles. The van der Waals surface area contributed by atoms with Crippen LogP contribution in [-0.2, 0) is 19.9 Å². The van der Waals surface area contributed by atoms with E-state index in [9.17, 15) is 23.6 Å². The van der Waals surface area contributed by atoms with E-state index in [2.05, 4.69) is 10.6 Å². The fraction of sp³-hybridized carbons (Fsp3) is 0.273. The van der Waals surface area contributed by atoms with Crippen LogP contribution in [0.1, 0.15) is 18.9 Å². The second-order valence-electron chi connectivity index (χ2n) is 7.39. The number of hydrogen-bond donors (Lipinski definition) is 2. The molecule has 1 atom stereocenters. The van der Waals surface area contributed by atoms with Gasteiger partial charge in [-0.25, -0.2) is 9.18 Å². The number of hydrogen-bond acceptors (Lipinski definition) is 4. The van der Waals surface area contributed by atoms with E-state index in [1.54, 1.807) is 31.2 Å². The molecule has 1 aliphatic heterocycles. The van der Waals surface area contributed by atoms with Crippen molar-refractivity contribution in [3.05, 3.63) is 64.9 Å². The normalized spacial score (nSPS) is 17.8. The zero-order valence-corrected chi connectivity index (χ0v) is 18.3. The average molecular weight is 461 g/mol. The standard InChI is InChI=1S/C22H22ClFN4O4/c1-3-22(14-4-6-15(23)7-5-14)20(31)28(21(32)26-22)13-19(30)27(2)12-18(29)25-17-10-8-16(24)9-11-17/h4-11H,3,12-13H2,1-2H3,(H,25,29)(H,26,32)/t22-/m1/s1. The average Bonchev–Trinajstić information content (AvgIpc) is 3.00. The highest BCUT2D eigenvalue weighted by Gasteiger charge is 2.51. The molecule has 2 N–H and O–H groups in total. The monoisotopic (exact) mass is 460 g/mol. The number of imide groups is 1. The van der Waals surface area contributed by atoms with Crippen LogP contribution in [0.25, 0.3) is 0 Å². The van der Waals surface area contributed by atoms with Crippen molar-refractivity contribution >= 4 is 41.0 Å². The van der Waals surface area contributed by atoms with Crippen LogP contribution in [-0.4, -0.2) is 53.7 Å². The first-order chi connectivity index (χ1) is 15.2. The quantitative estimate of drug-likeness (QED) is 0.620. The van der Waals surface area contributed by atoms with Gasteiger partial charge in [-0.2, -0.15) is 0 Å². The fourth-order valence-corrected chi connectivity index (χ4v) is 3.56. The van der Waals surface area contributed by atoms with Gasteiger partial charge in [-0.05, 0) is 48.4 Å². The molecule has 1 heterocycles. The van der Waals surface area contributed by atoms with E-state index in [1.165, 1.54) is 31.3 Å². The zero-order valence-electron chi connectivity index (χ0n) is 17.5. The number of urea groups is 1. The SMILES string of the molecule is CC[C@]1(c2ccc(Cl)cc2)NC(=O)N(CC(=O)N(C)CC(=O)Nc2ccc(F)cc2)C1=O. The highest BCUT2D eigenvalue weighted by atomic mass is 35.5. The maximum absolute atomic E-state index is 13.1. The van der Waals surface area contributed by atoms with E-state index >= 15 is 0 Å². The molecule has 10 heteroatoms. The van der Waals surface area contributed by atoms with Crippen molar-refractivity contribution < 1.29 is 23.6 Å². The number of likely N-dealkylation sites (N-methyl/N-ethyl adjacent to an activating group) is 1. The lowest BCUT2D eigenvalue weighted by Crippen LogP contribution is -2.46. The number of carbonyl (C=O) groups excluding carboxylic acids is 4. The van der Waals surface area contributed by atoms with Gasteiger partial charge in [-0.1, -0.05) is 30.7 Å². The summed E-state index contributed by atoms with van der Waals surface area (Å²) in [6.45, 7) is 0.931. The minimum atomic E-state index is -1.29. The first-order valence-electron chi connectivity index (χ1n) is 9.86. The largest absolute Gasteiger partial charge is 0.335 e. The summed E-state index contributed by atoms with van der Waals surface area (Å²) in [6, 6.07) is 11.0. The Kier molecular flexibility index (Phi) is 6.78. The number of nitrogens with zero attached hydrogens (tertiary/aromatic N) is 2. The van der Waals surface area contributed by atoms with Crippen molar-refractivity contribution in [1.29, 1.82) is 0 Å². The Morgan fingerprint density at radius 2 is 1.75 bits per heavy atom. The van der Waals surface area contributed by atoms with E-state index in [0.717, 1.165) is 9.80 Å². The molecule has 2 aromatic carbocycles. The topological polar surface area (TPSA) is 98.8 Å². The van der Waals surface area contributed by atoms with Crippen LogP contribution < -0.4 is 10.6 Å². The summed E-state index contributed by atoms with van der Waals surface area (Å²) in [5.74, 6) is -2.09. The van der Waals surface area contributed by atoms with Gasteiger partial charge in [0.1, 0.15) is 17.9 Å². The Labute approximate surface area is 189 Å². The molecule has 168 valence electrons. The minimum Gasteiger partial charge on any atom is -0.335 e. The number of anilines is 1. The Bertz CT molecular complexity index is 1040. The van der Waals surface area contributed by atoms with E-state index in [1.807, 2.05) is 0 Å². The van der Waals surface area contributed by atoms with Crippen LogP contribution in [0, 0.1) is 5.82 Å². The lowest BCUT2D eigenvalue weighted by atomic mass is 9.87. The molecule has 0 unspecified atom stereocenters. The second kappa shape index (κ2) is 9.35. The van der Waals surface area contributed by atoms with Gasteiger partial charge in [0.15, 0.2) is 0 Å². The molecule has 1 fully saturated rings. The molecule has 32 heavy (non-hydrogen) atoms. The summed E-state index contributed by atoms with van der Waals surface area (Å²) >= 11 is 5.92. The van der Waals surface area contributed by atoms with Crippen LogP contribution in [0.2, 0.25) is 5.02 Å². The molecule has 1 aliphatic rings. The lowest BCUT2D eigenvalue weighted by molar-refractivity contribution is -0.139. The summed E-state index contributed by atoms with van der Waals surface area (Å²) in [6.07, 6.45) is 0.278. The van der Waals surface area contributed by atoms with Crippen LogP contribution >= 0.6 is 11.6 Å². The molecule has 8 nitrogen and oxygen atoms in total. The highest BCUT2D eigenvalue weighted by Crippen LogP contribution is 2.33. The van der Waals surface area contributed by atoms with Gasteiger partial charge >= 0.3 is 6.03 Å². The Morgan fingerprint density at radius 1 is 1.12 bits per heavy atom. The van der Waals surface area contributed by atoms with Gasteiger partial charge in [0.2, 0.25) is 11.8 Å². The van der Waals surface area contributed by atoms with Gasteiger partial charge in [-0.3, -0.25) is 19.3 Å². The van der Waals surface area contributed by atoms with Crippen molar-refractivity contribution in [2.24, 2.45) is 0 Å². The number of amides is 5. The van der Waals surface area contributed by atoms with Crippen LogP contribution in [0.15, 0.2) is 48.5 Å². The summed E-state index contributed by atoms with van der Waals surface area (Å²) < 4.78 is 13.0. The Morgan fingerprint density at radius 3 is 2.34 bits per heavy atom. The summed E-state index contributed by atoms with van der Waals surface area (Å²) in [4.78, 5) is 52.4. The molecule has 0 bridgehead atoms. The van der Waals surface area contributed by atoms with Gasteiger partial charge in [0, 0.05) is 17.8 Å². The van der Waals surface area contributed by atoms with Crippen molar-refractivity contribution in [1.82, 2.24) is 15.1 Å². The van der Waals surface area contributed by atoms with Crippen LogP contribution in [0.4, 0.5) is 14.9 Å². The van der Waals surface area contributed by atoms with Crippen LogP contribution in [0.3, 0.4) is 0 Å². The third-order valence-electron chi connectivity index (χ3n) is 5.27. The summed E-state index contributed by atoms with van der Waals surface area (Å²) in [5.41, 5.74) is -0.354. The maximum atomic E-state index is 13.1. The minimum absolute atomic E-state index is 0.278. The van der Waals surface area contributed by atoms with Crippen molar-refractivity contribution in [2.45, 2.75) is 18.9 Å². The van der Waals surface area contributed by atoms with Crippen LogP contribution in [0.5, 0.6) is 0 Å². The third-order valence-corrected chi connectivity index (χ3v) is 5.52. The molecule has 2 aromatic rings. The molecular formula is C22H22ClFN4O4. The molecule has 0 aliphatic carbocycles.